The number of rotatable bonds is 3. The maximum atomic E-state index is 12.1. The number of ketones is 1. The highest BCUT2D eigenvalue weighted by Gasteiger charge is 2.28. The molecule has 0 aliphatic carbocycles. The van der Waals surface area contributed by atoms with E-state index >= 15 is 0 Å². The number of nitrogens with one attached hydrogen (secondary N) is 2. The van der Waals surface area contributed by atoms with Gasteiger partial charge in [-0.25, -0.2) is 0 Å². The Bertz CT molecular complexity index is 571. The Morgan fingerprint density at radius 1 is 1.38 bits per heavy atom. The van der Waals surface area contributed by atoms with E-state index in [2.05, 4.69) is 27.7 Å². The van der Waals surface area contributed by atoms with Crippen LogP contribution in [0, 0.1) is 0 Å². The molecule has 21 heavy (non-hydrogen) atoms. The largest absolute Gasteiger partial charge is 0.359 e. The summed E-state index contributed by atoms with van der Waals surface area (Å²) in [6.45, 7) is 4.28. The molecule has 5 heteroatoms. The summed E-state index contributed by atoms with van der Waals surface area (Å²) in [5.41, 5.74) is 3.08. The van der Waals surface area contributed by atoms with Gasteiger partial charge in [0.25, 0.3) is 0 Å². The van der Waals surface area contributed by atoms with Crippen molar-refractivity contribution in [3.8, 4) is 0 Å². The summed E-state index contributed by atoms with van der Waals surface area (Å²) < 4.78 is 0. The zero-order valence-corrected chi connectivity index (χ0v) is 12.3. The molecule has 1 saturated heterocycles. The van der Waals surface area contributed by atoms with Crippen molar-refractivity contribution in [2.24, 2.45) is 0 Å². The van der Waals surface area contributed by atoms with Crippen molar-refractivity contribution < 1.29 is 9.59 Å². The number of fused-ring (bicyclic) bond motifs is 1. The molecule has 2 heterocycles. The average molecular weight is 287 g/mol. The van der Waals surface area contributed by atoms with Crippen LogP contribution in [-0.4, -0.2) is 37.4 Å². The Balaban J connectivity index is 1.89. The van der Waals surface area contributed by atoms with Gasteiger partial charge in [-0.15, -0.1) is 0 Å². The second kappa shape index (κ2) is 5.85. The number of hydrogen-bond acceptors (Lipinski definition) is 4. The molecule has 0 radical (unpaired) electrons. The van der Waals surface area contributed by atoms with Gasteiger partial charge in [-0.2, -0.15) is 0 Å². The normalized spacial score (nSPS) is 21.7. The van der Waals surface area contributed by atoms with Gasteiger partial charge in [0.1, 0.15) is 6.04 Å². The van der Waals surface area contributed by atoms with E-state index in [-0.39, 0.29) is 17.7 Å². The van der Waals surface area contributed by atoms with Gasteiger partial charge in [-0.3, -0.25) is 9.59 Å². The van der Waals surface area contributed by atoms with Gasteiger partial charge >= 0.3 is 0 Å². The molecule has 1 aromatic rings. The van der Waals surface area contributed by atoms with Crippen LogP contribution in [0.5, 0.6) is 0 Å². The van der Waals surface area contributed by atoms with E-state index in [4.69, 9.17) is 0 Å². The van der Waals surface area contributed by atoms with Gasteiger partial charge in [0.05, 0.1) is 0 Å². The number of piperazine rings is 1. The fourth-order valence-corrected chi connectivity index (χ4v) is 3.07. The van der Waals surface area contributed by atoms with Crippen LogP contribution in [-0.2, 0) is 16.0 Å². The maximum absolute atomic E-state index is 12.1. The van der Waals surface area contributed by atoms with Crippen LogP contribution in [0.25, 0.3) is 0 Å². The van der Waals surface area contributed by atoms with Gasteiger partial charge in [0, 0.05) is 43.9 Å². The van der Waals surface area contributed by atoms with E-state index in [0.29, 0.717) is 19.4 Å². The zero-order chi connectivity index (χ0) is 14.8. The van der Waals surface area contributed by atoms with Crippen LogP contribution in [0.1, 0.15) is 25.3 Å². The minimum absolute atomic E-state index is 0.0705. The average Bonchev–Trinajstić information content (AvgIpc) is 2.53. The first kappa shape index (κ1) is 14.1. The second-order valence-corrected chi connectivity index (χ2v) is 5.62. The molecule has 1 atom stereocenters. The predicted octanol–water partition coefficient (Wildman–Crippen LogP) is 1.33. The SMILES string of the molecule is CCC(=O)C1CNCCN1c1ccc2c(c1)NC(=O)CC2. The molecule has 2 N–H and O–H groups in total. The van der Waals surface area contributed by atoms with Gasteiger partial charge in [-0.05, 0) is 24.1 Å². The lowest BCUT2D eigenvalue weighted by Crippen LogP contribution is -2.55. The van der Waals surface area contributed by atoms with Crippen molar-refractivity contribution in [1.29, 1.82) is 0 Å². The molecule has 0 aromatic heterocycles. The monoisotopic (exact) mass is 287 g/mol. The Hall–Kier alpha value is -1.88. The van der Waals surface area contributed by atoms with E-state index in [0.717, 1.165) is 30.9 Å². The highest BCUT2D eigenvalue weighted by atomic mass is 16.1. The third-order valence-corrected chi connectivity index (χ3v) is 4.28. The Labute approximate surface area is 124 Å². The first-order valence-electron chi connectivity index (χ1n) is 7.62. The van der Waals surface area contributed by atoms with Crippen LogP contribution in [0.3, 0.4) is 0 Å². The van der Waals surface area contributed by atoms with Crippen LogP contribution in [0.2, 0.25) is 0 Å². The molecule has 112 valence electrons. The van der Waals surface area contributed by atoms with E-state index < -0.39 is 0 Å². The van der Waals surface area contributed by atoms with Crippen molar-refractivity contribution in [2.45, 2.75) is 32.2 Å². The van der Waals surface area contributed by atoms with Crippen LogP contribution in [0.15, 0.2) is 18.2 Å². The van der Waals surface area contributed by atoms with Crippen molar-refractivity contribution in [2.75, 3.05) is 29.9 Å². The summed E-state index contributed by atoms with van der Waals surface area (Å²) in [5, 5.41) is 6.22. The van der Waals surface area contributed by atoms with Gasteiger partial charge in [0.15, 0.2) is 5.78 Å². The van der Waals surface area contributed by atoms with Gasteiger partial charge in [0.2, 0.25) is 5.91 Å². The fourth-order valence-electron chi connectivity index (χ4n) is 3.07. The number of anilines is 2. The third kappa shape index (κ3) is 2.78. The summed E-state index contributed by atoms with van der Waals surface area (Å²) in [7, 11) is 0. The van der Waals surface area contributed by atoms with Crippen LogP contribution < -0.4 is 15.5 Å². The molecule has 0 saturated carbocycles. The number of Topliss-reactive ketones (excluding diaryl/α,β-unsaturated/α-hetero) is 1. The lowest BCUT2D eigenvalue weighted by molar-refractivity contribution is -0.120. The third-order valence-electron chi connectivity index (χ3n) is 4.28. The minimum atomic E-state index is -0.110. The van der Waals surface area contributed by atoms with Gasteiger partial charge < -0.3 is 15.5 Å². The molecule has 2 aliphatic rings. The van der Waals surface area contributed by atoms with Crippen molar-refractivity contribution >= 4 is 23.1 Å². The summed E-state index contributed by atoms with van der Waals surface area (Å²) in [6, 6.07) is 6.03. The lowest BCUT2D eigenvalue weighted by Gasteiger charge is -2.37. The number of hydrogen-bond donors (Lipinski definition) is 2. The van der Waals surface area contributed by atoms with E-state index in [9.17, 15) is 9.59 Å². The van der Waals surface area contributed by atoms with Gasteiger partial charge in [-0.1, -0.05) is 13.0 Å². The summed E-state index contributed by atoms with van der Waals surface area (Å²) in [4.78, 5) is 25.8. The smallest absolute Gasteiger partial charge is 0.224 e. The first-order chi connectivity index (χ1) is 10.2. The summed E-state index contributed by atoms with van der Waals surface area (Å²) in [5.74, 6) is 0.324. The first-order valence-corrected chi connectivity index (χ1v) is 7.62. The Morgan fingerprint density at radius 2 is 2.24 bits per heavy atom. The minimum Gasteiger partial charge on any atom is -0.359 e. The number of aryl methyl sites for hydroxylation is 1. The Kier molecular flexibility index (Phi) is 3.92. The summed E-state index contributed by atoms with van der Waals surface area (Å²) >= 11 is 0. The highest BCUT2D eigenvalue weighted by Crippen LogP contribution is 2.29. The van der Waals surface area contributed by atoms with Crippen LogP contribution >= 0.6 is 0 Å². The highest BCUT2D eigenvalue weighted by molar-refractivity contribution is 5.95. The van der Waals surface area contributed by atoms with Crippen molar-refractivity contribution in [3.63, 3.8) is 0 Å². The number of amides is 1. The molecule has 0 bridgehead atoms. The molecule has 5 nitrogen and oxygen atoms in total. The predicted molar refractivity (Wildman–Crippen MR) is 82.7 cm³/mol. The number of carbonyl (C=O) groups excluding carboxylic acids is 2. The molecular weight excluding hydrogens is 266 g/mol. The topological polar surface area (TPSA) is 61.4 Å². The molecule has 2 aliphatic heterocycles. The number of carbonyl (C=O) groups is 2. The van der Waals surface area contributed by atoms with E-state index in [1.807, 2.05) is 13.0 Å². The fraction of sp³-hybridized carbons (Fsp3) is 0.500. The molecule has 3 rings (SSSR count). The lowest BCUT2D eigenvalue weighted by atomic mass is 10.0. The standard InChI is InChI=1S/C16H21N3O2/c1-2-15(20)14-10-17-7-8-19(14)12-5-3-11-4-6-16(21)18-13(11)9-12/h3,5,9,14,17H,2,4,6-8,10H2,1H3,(H,18,21). The molecule has 0 spiro atoms. The molecule has 1 amide bonds. The second-order valence-electron chi connectivity index (χ2n) is 5.62. The number of benzene rings is 1. The molecule has 1 unspecified atom stereocenters. The maximum Gasteiger partial charge on any atom is 0.224 e. The number of nitrogens with zero attached hydrogens (tertiary/aromatic N) is 1. The van der Waals surface area contributed by atoms with Crippen molar-refractivity contribution in [3.05, 3.63) is 23.8 Å². The molecule has 1 aromatic carbocycles. The van der Waals surface area contributed by atoms with E-state index in [1.165, 1.54) is 5.56 Å². The van der Waals surface area contributed by atoms with E-state index in [1.54, 1.807) is 0 Å². The Morgan fingerprint density at radius 3 is 3.05 bits per heavy atom. The zero-order valence-electron chi connectivity index (χ0n) is 12.3. The quantitative estimate of drug-likeness (QED) is 0.880. The van der Waals surface area contributed by atoms with Crippen molar-refractivity contribution in [1.82, 2.24) is 5.32 Å². The molecular formula is C16H21N3O2. The van der Waals surface area contributed by atoms with Crippen LogP contribution in [0.4, 0.5) is 11.4 Å². The summed E-state index contributed by atoms with van der Waals surface area (Å²) in [6.07, 6.45) is 1.89. The molecule has 1 fully saturated rings.